The maximum absolute atomic E-state index is 6.49. The topological polar surface area (TPSA) is 26.0 Å². The Morgan fingerprint density at radius 1 is 1.22 bits per heavy atom. The predicted molar refractivity (Wildman–Crippen MR) is 77.5 cm³/mol. The molecule has 0 radical (unpaired) electrons. The van der Waals surface area contributed by atoms with Gasteiger partial charge in [0.2, 0.25) is 0 Å². The molecule has 2 aromatic rings. The van der Waals surface area contributed by atoms with E-state index in [1.165, 1.54) is 28.3 Å². The van der Waals surface area contributed by atoms with Crippen molar-refractivity contribution in [3.63, 3.8) is 0 Å². The highest BCUT2D eigenvalue weighted by Gasteiger charge is 2.27. The molecule has 92 valence electrons. The number of allylic oxidation sites excluding steroid dienone is 1. The number of hydrogen-bond donors (Lipinski definition) is 1. The molecule has 0 saturated carbocycles. The van der Waals surface area contributed by atoms with Gasteiger partial charge in [0.05, 0.1) is 0 Å². The normalized spacial score (nSPS) is 22.7. The smallest absolute Gasteiger partial charge is 0.0335 e. The molecule has 0 spiro atoms. The lowest BCUT2D eigenvalue weighted by atomic mass is 9.77. The molecule has 2 aromatic carbocycles. The first-order valence-corrected chi connectivity index (χ1v) is 6.68. The molecule has 1 aliphatic carbocycles. The Kier molecular flexibility index (Phi) is 2.92. The van der Waals surface area contributed by atoms with Gasteiger partial charge in [-0.25, -0.2) is 0 Å². The summed E-state index contributed by atoms with van der Waals surface area (Å²) in [7, 11) is 0. The van der Waals surface area contributed by atoms with Gasteiger partial charge in [-0.05, 0) is 47.1 Å². The molecule has 0 amide bonds. The lowest BCUT2D eigenvalue weighted by Crippen LogP contribution is -2.27. The summed E-state index contributed by atoms with van der Waals surface area (Å²) in [6, 6.07) is 13.2. The fourth-order valence-electron chi connectivity index (χ4n) is 3.19. The van der Waals surface area contributed by atoms with Gasteiger partial charge in [0, 0.05) is 6.04 Å². The van der Waals surface area contributed by atoms with Crippen molar-refractivity contribution >= 4 is 10.8 Å². The van der Waals surface area contributed by atoms with E-state index in [1.54, 1.807) is 0 Å². The molecule has 1 heteroatoms. The Morgan fingerprint density at radius 2 is 2.06 bits per heavy atom. The van der Waals surface area contributed by atoms with Gasteiger partial charge in [-0.1, -0.05) is 42.5 Å². The summed E-state index contributed by atoms with van der Waals surface area (Å²) in [6.07, 6.45) is 5.34. The van der Waals surface area contributed by atoms with Crippen LogP contribution in [0.1, 0.15) is 30.0 Å². The van der Waals surface area contributed by atoms with Gasteiger partial charge >= 0.3 is 0 Å². The molecule has 0 heterocycles. The van der Waals surface area contributed by atoms with E-state index < -0.39 is 0 Å². The molecule has 2 atom stereocenters. The maximum Gasteiger partial charge on any atom is 0.0335 e. The molecular weight excluding hydrogens is 218 g/mol. The van der Waals surface area contributed by atoms with Crippen LogP contribution < -0.4 is 5.73 Å². The van der Waals surface area contributed by atoms with Crippen molar-refractivity contribution < 1.29 is 0 Å². The number of aryl methyl sites for hydroxylation is 1. The minimum absolute atomic E-state index is 0.151. The average Bonchev–Trinajstić information content (AvgIpc) is 2.41. The van der Waals surface area contributed by atoms with Crippen LogP contribution in [0.4, 0.5) is 0 Å². The molecule has 1 nitrogen and oxygen atoms in total. The minimum atomic E-state index is 0.151. The predicted octanol–water partition coefficient (Wildman–Crippen LogP) is 3.98. The highest BCUT2D eigenvalue weighted by molar-refractivity contribution is 5.87. The SMILES string of the molecule is C=CCC1CCc2ccc3ccccc3c2C1N. The Hall–Kier alpha value is -1.60. The summed E-state index contributed by atoms with van der Waals surface area (Å²) in [4.78, 5) is 0. The molecule has 0 saturated heterocycles. The number of benzene rings is 2. The molecule has 0 bridgehead atoms. The molecule has 0 fully saturated rings. The summed E-state index contributed by atoms with van der Waals surface area (Å²) < 4.78 is 0. The van der Waals surface area contributed by atoms with Gasteiger partial charge < -0.3 is 5.73 Å². The van der Waals surface area contributed by atoms with Crippen molar-refractivity contribution in [3.05, 3.63) is 60.2 Å². The molecular formula is C17H19N. The van der Waals surface area contributed by atoms with Crippen molar-refractivity contribution in [3.8, 4) is 0 Å². The first kappa shape index (κ1) is 11.5. The Bertz CT molecular complexity index is 585. The third kappa shape index (κ3) is 1.75. The number of nitrogens with two attached hydrogens (primary N) is 1. The van der Waals surface area contributed by atoms with E-state index in [-0.39, 0.29) is 6.04 Å². The molecule has 0 aromatic heterocycles. The second-order valence-electron chi connectivity index (χ2n) is 5.21. The fourth-order valence-corrected chi connectivity index (χ4v) is 3.19. The molecule has 2 unspecified atom stereocenters. The van der Waals surface area contributed by atoms with Crippen LogP contribution in [0.25, 0.3) is 10.8 Å². The summed E-state index contributed by atoms with van der Waals surface area (Å²) in [5.74, 6) is 0.542. The molecule has 1 aliphatic rings. The Morgan fingerprint density at radius 3 is 2.89 bits per heavy atom. The van der Waals surface area contributed by atoms with Crippen LogP contribution in [0.5, 0.6) is 0 Å². The summed E-state index contributed by atoms with van der Waals surface area (Å²) in [5.41, 5.74) is 9.29. The van der Waals surface area contributed by atoms with Gasteiger partial charge in [-0.3, -0.25) is 0 Å². The zero-order valence-electron chi connectivity index (χ0n) is 10.6. The zero-order valence-corrected chi connectivity index (χ0v) is 10.6. The van der Waals surface area contributed by atoms with E-state index in [0.29, 0.717) is 5.92 Å². The highest BCUT2D eigenvalue weighted by Crippen LogP contribution is 2.38. The minimum Gasteiger partial charge on any atom is -0.324 e. The van der Waals surface area contributed by atoms with E-state index in [9.17, 15) is 0 Å². The summed E-state index contributed by atoms with van der Waals surface area (Å²) in [6.45, 7) is 3.85. The van der Waals surface area contributed by atoms with Crippen molar-refractivity contribution in [1.82, 2.24) is 0 Å². The lowest BCUT2D eigenvalue weighted by molar-refractivity contribution is 0.385. The third-order valence-corrected chi connectivity index (χ3v) is 4.16. The van der Waals surface area contributed by atoms with Crippen LogP contribution in [0.15, 0.2) is 49.1 Å². The third-order valence-electron chi connectivity index (χ3n) is 4.16. The first-order valence-electron chi connectivity index (χ1n) is 6.68. The summed E-state index contributed by atoms with van der Waals surface area (Å²) in [5, 5.41) is 2.63. The van der Waals surface area contributed by atoms with Crippen molar-refractivity contribution in [2.75, 3.05) is 0 Å². The van der Waals surface area contributed by atoms with Crippen molar-refractivity contribution in [2.24, 2.45) is 11.7 Å². The van der Waals surface area contributed by atoms with Gasteiger partial charge in [-0.2, -0.15) is 0 Å². The van der Waals surface area contributed by atoms with Crippen LogP contribution in [0.3, 0.4) is 0 Å². The fraction of sp³-hybridized carbons (Fsp3) is 0.294. The molecule has 3 rings (SSSR count). The first-order chi connectivity index (χ1) is 8.81. The van der Waals surface area contributed by atoms with Crippen LogP contribution in [0, 0.1) is 5.92 Å². The zero-order chi connectivity index (χ0) is 12.5. The standard InChI is InChI=1S/C17H19N/c1-2-5-14-11-10-13-9-8-12-6-3-4-7-15(12)16(13)17(14)18/h2-4,6-9,14,17H,1,5,10-11,18H2. The number of hydrogen-bond acceptors (Lipinski definition) is 1. The number of fused-ring (bicyclic) bond motifs is 3. The van der Waals surface area contributed by atoms with Crippen molar-refractivity contribution in [2.45, 2.75) is 25.3 Å². The molecule has 2 N–H and O–H groups in total. The van der Waals surface area contributed by atoms with E-state index in [2.05, 4.69) is 43.0 Å². The van der Waals surface area contributed by atoms with Crippen molar-refractivity contribution in [1.29, 1.82) is 0 Å². The Balaban J connectivity index is 2.16. The van der Waals surface area contributed by atoms with E-state index in [4.69, 9.17) is 5.73 Å². The quantitative estimate of drug-likeness (QED) is 0.786. The van der Waals surface area contributed by atoms with Crippen LogP contribution >= 0.6 is 0 Å². The molecule has 18 heavy (non-hydrogen) atoms. The maximum atomic E-state index is 6.49. The van der Waals surface area contributed by atoms with E-state index in [0.717, 1.165) is 12.8 Å². The van der Waals surface area contributed by atoms with Crippen LogP contribution in [-0.2, 0) is 6.42 Å². The number of rotatable bonds is 2. The van der Waals surface area contributed by atoms with Crippen LogP contribution in [-0.4, -0.2) is 0 Å². The second kappa shape index (κ2) is 4.58. The monoisotopic (exact) mass is 237 g/mol. The van der Waals surface area contributed by atoms with Gasteiger partial charge in [-0.15, -0.1) is 6.58 Å². The second-order valence-corrected chi connectivity index (χ2v) is 5.21. The summed E-state index contributed by atoms with van der Waals surface area (Å²) >= 11 is 0. The van der Waals surface area contributed by atoms with Crippen LogP contribution in [0.2, 0.25) is 0 Å². The lowest BCUT2D eigenvalue weighted by Gasteiger charge is -2.31. The van der Waals surface area contributed by atoms with E-state index in [1.807, 2.05) is 6.08 Å². The van der Waals surface area contributed by atoms with Gasteiger partial charge in [0.1, 0.15) is 0 Å². The van der Waals surface area contributed by atoms with Gasteiger partial charge in [0.25, 0.3) is 0 Å². The Labute approximate surface area is 108 Å². The average molecular weight is 237 g/mol. The largest absolute Gasteiger partial charge is 0.324 e. The molecule has 0 aliphatic heterocycles. The van der Waals surface area contributed by atoms with Gasteiger partial charge in [0.15, 0.2) is 0 Å². The van der Waals surface area contributed by atoms with E-state index >= 15 is 0 Å². The highest BCUT2D eigenvalue weighted by atomic mass is 14.7.